The van der Waals surface area contributed by atoms with Crippen LogP contribution in [0, 0.1) is 11.7 Å². The van der Waals surface area contributed by atoms with E-state index in [-0.39, 0.29) is 10.7 Å². The van der Waals surface area contributed by atoms with Gasteiger partial charge in [-0.1, -0.05) is 41.9 Å². The molecule has 3 rings (SSSR count). The van der Waals surface area contributed by atoms with E-state index in [0.29, 0.717) is 12.8 Å². The average Bonchev–Trinajstić information content (AvgIpc) is 2.86. The minimum absolute atomic E-state index is 0.0129. The third kappa shape index (κ3) is 4.01. The maximum Gasteiger partial charge on any atom is 0.244 e. The Morgan fingerprint density at radius 2 is 1.93 bits per heavy atom. The van der Waals surface area contributed by atoms with Crippen molar-refractivity contribution in [1.29, 1.82) is 0 Å². The van der Waals surface area contributed by atoms with Gasteiger partial charge in [-0.2, -0.15) is 0 Å². The molecule has 0 bridgehead atoms. The predicted octanol–water partition coefficient (Wildman–Crippen LogP) is 3.12. The molecular formula is C20H18ClFN2O3. The van der Waals surface area contributed by atoms with Crippen molar-refractivity contribution in [1.82, 2.24) is 5.32 Å². The number of aryl methyl sites for hydroxylation is 1. The lowest BCUT2D eigenvalue weighted by atomic mass is 9.87. The van der Waals surface area contributed by atoms with E-state index in [0.717, 1.165) is 17.7 Å². The minimum atomic E-state index is -1.47. The summed E-state index contributed by atoms with van der Waals surface area (Å²) in [5.41, 5.74) is 0.0509. The van der Waals surface area contributed by atoms with Crippen molar-refractivity contribution in [2.45, 2.75) is 25.3 Å². The van der Waals surface area contributed by atoms with Gasteiger partial charge in [0, 0.05) is 0 Å². The molecule has 1 saturated heterocycles. The fraction of sp³-hybridized carbons (Fsp3) is 0.250. The quantitative estimate of drug-likeness (QED) is 0.773. The van der Waals surface area contributed by atoms with Gasteiger partial charge in [-0.25, -0.2) is 4.39 Å². The van der Waals surface area contributed by atoms with Crippen LogP contribution in [0.3, 0.4) is 0 Å². The van der Waals surface area contributed by atoms with Crippen molar-refractivity contribution in [3.8, 4) is 0 Å². The second kappa shape index (κ2) is 7.48. The van der Waals surface area contributed by atoms with E-state index in [1.807, 2.05) is 30.3 Å². The molecule has 2 atom stereocenters. The van der Waals surface area contributed by atoms with Gasteiger partial charge in [0.05, 0.1) is 16.2 Å². The number of halogens is 2. The molecule has 0 aromatic heterocycles. The standard InChI is InChI=1S/C20H18ClFN2O3/c1-20(10-9-12-5-3-2-4-6-12)17(25)16(19(27)24-20)18(26)23-15-8-7-13(22)11-14(15)21/h2-8,11,16H,9-10H2,1H3,(H,23,26)(H,24,27). The lowest BCUT2D eigenvalue weighted by Crippen LogP contribution is -2.44. The van der Waals surface area contributed by atoms with Gasteiger partial charge in [0.15, 0.2) is 11.7 Å². The molecule has 2 amide bonds. The smallest absolute Gasteiger partial charge is 0.244 e. The Morgan fingerprint density at radius 1 is 1.22 bits per heavy atom. The number of nitrogens with one attached hydrogen (secondary N) is 2. The number of amides is 2. The van der Waals surface area contributed by atoms with Gasteiger partial charge in [-0.3, -0.25) is 14.4 Å². The zero-order valence-electron chi connectivity index (χ0n) is 14.6. The van der Waals surface area contributed by atoms with Crippen molar-refractivity contribution in [2.24, 2.45) is 5.92 Å². The Hall–Kier alpha value is -2.73. The number of ketones is 1. The molecule has 2 aromatic rings. The van der Waals surface area contributed by atoms with Gasteiger partial charge in [0.2, 0.25) is 11.8 Å². The highest BCUT2D eigenvalue weighted by Crippen LogP contribution is 2.28. The van der Waals surface area contributed by atoms with Gasteiger partial charge in [0.25, 0.3) is 0 Å². The van der Waals surface area contributed by atoms with Crippen molar-refractivity contribution in [3.63, 3.8) is 0 Å². The fourth-order valence-electron chi connectivity index (χ4n) is 3.10. The maximum atomic E-state index is 13.1. The first-order chi connectivity index (χ1) is 12.8. The van der Waals surface area contributed by atoms with Crippen LogP contribution >= 0.6 is 11.6 Å². The summed E-state index contributed by atoms with van der Waals surface area (Å²) in [6.07, 6.45) is 0.962. The lowest BCUT2D eigenvalue weighted by Gasteiger charge is -2.22. The normalized spacial score (nSPS) is 21.8. The monoisotopic (exact) mass is 388 g/mol. The maximum absolute atomic E-state index is 13.1. The minimum Gasteiger partial charge on any atom is -0.343 e. The van der Waals surface area contributed by atoms with E-state index >= 15 is 0 Å². The molecule has 0 saturated carbocycles. The van der Waals surface area contributed by atoms with Crippen molar-refractivity contribution in [2.75, 3.05) is 5.32 Å². The number of anilines is 1. The van der Waals surface area contributed by atoms with Crippen molar-refractivity contribution in [3.05, 3.63) is 64.9 Å². The van der Waals surface area contributed by atoms with E-state index in [9.17, 15) is 18.8 Å². The van der Waals surface area contributed by atoms with E-state index in [1.54, 1.807) is 6.92 Å². The van der Waals surface area contributed by atoms with Crippen molar-refractivity contribution >= 4 is 34.9 Å². The van der Waals surface area contributed by atoms with Crippen LogP contribution in [-0.4, -0.2) is 23.1 Å². The number of Topliss-reactive ketones (excluding diaryl/α,β-unsaturated/α-hetero) is 1. The van der Waals surface area contributed by atoms with E-state index in [1.165, 1.54) is 6.07 Å². The van der Waals surface area contributed by atoms with Crippen LogP contribution in [0.4, 0.5) is 10.1 Å². The molecule has 2 aromatic carbocycles. The Bertz CT molecular complexity index is 903. The highest BCUT2D eigenvalue weighted by Gasteiger charge is 2.52. The molecule has 1 aliphatic rings. The summed E-state index contributed by atoms with van der Waals surface area (Å²) in [5.74, 6) is -3.94. The number of benzene rings is 2. The Morgan fingerprint density at radius 3 is 2.59 bits per heavy atom. The molecule has 1 aliphatic heterocycles. The van der Waals surface area contributed by atoms with Crippen LogP contribution in [0.2, 0.25) is 5.02 Å². The molecule has 0 spiro atoms. The fourth-order valence-corrected chi connectivity index (χ4v) is 3.32. The Balaban J connectivity index is 1.72. The second-order valence-electron chi connectivity index (χ2n) is 6.72. The third-order valence-corrected chi connectivity index (χ3v) is 4.99. The highest BCUT2D eigenvalue weighted by molar-refractivity contribution is 6.34. The van der Waals surface area contributed by atoms with Gasteiger partial charge in [-0.05, 0) is 43.5 Å². The highest BCUT2D eigenvalue weighted by atomic mass is 35.5. The molecular weight excluding hydrogens is 371 g/mol. The molecule has 140 valence electrons. The second-order valence-corrected chi connectivity index (χ2v) is 7.12. The summed E-state index contributed by atoms with van der Waals surface area (Å²) in [4.78, 5) is 37.6. The molecule has 2 N–H and O–H groups in total. The summed E-state index contributed by atoms with van der Waals surface area (Å²) in [6.45, 7) is 1.62. The van der Waals surface area contributed by atoms with Gasteiger partial charge < -0.3 is 10.6 Å². The molecule has 1 heterocycles. The number of hydrogen-bond donors (Lipinski definition) is 2. The van der Waals surface area contributed by atoms with E-state index < -0.39 is 34.9 Å². The molecule has 1 fully saturated rings. The van der Waals surface area contributed by atoms with E-state index in [2.05, 4.69) is 10.6 Å². The zero-order valence-corrected chi connectivity index (χ0v) is 15.3. The topological polar surface area (TPSA) is 75.3 Å². The Kier molecular flexibility index (Phi) is 5.28. The third-order valence-electron chi connectivity index (χ3n) is 4.67. The van der Waals surface area contributed by atoms with Crippen LogP contribution < -0.4 is 10.6 Å². The molecule has 0 aliphatic carbocycles. The summed E-state index contributed by atoms with van der Waals surface area (Å²) in [7, 11) is 0. The van der Waals surface area contributed by atoms with Crippen LogP contribution in [0.25, 0.3) is 0 Å². The average molecular weight is 389 g/mol. The summed E-state index contributed by atoms with van der Waals surface area (Å²) < 4.78 is 13.1. The van der Waals surface area contributed by atoms with Crippen LogP contribution in [0.15, 0.2) is 48.5 Å². The van der Waals surface area contributed by atoms with Crippen LogP contribution in [0.1, 0.15) is 18.9 Å². The van der Waals surface area contributed by atoms with E-state index in [4.69, 9.17) is 11.6 Å². The molecule has 2 unspecified atom stereocenters. The van der Waals surface area contributed by atoms with Gasteiger partial charge >= 0.3 is 0 Å². The number of carbonyl (C=O) groups excluding carboxylic acids is 3. The van der Waals surface area contributed by atoms with Gasteiger partial charge in [-0.15, -0.1) is 0 Å². The SMILES string of the molecule is CC1(CCc2ccccc2)NC(=O)C(C(=O)Nc2ccc(F)cc2Cl)C1=O. The first kappa shape index (κ1) is 19.0. The van der Waals surface area contributed by atoms with Crippen LogP contribution in [-0.2, 0) is 20.8 Å². The summed E-state index contributed by atoms with van der Waals surface area (Å²) in [6, 6.07) is 13.0. The molecule has 7 heteroatoms. The predicted molar refractivity (Wildman–Crippen MR) is 99.8 cm³/mol. The molecule has 0 radical (unpaired) electrons. The molecule has 27 heavy (non-hydrogen) atoms. The number of hydrogen-bond acceptors (Lipinski definition) is 3. The Labute approximate surface area is 160 Å². The summed E-state index contributed by atoms with van der Waals surface area (Å²) in [5, 5.41) is 5.07. The van der Waals surface area contributed by atoms with Gasteiger partial charge in [0.1, 0.15) is 5.82 Å². The number of rotatable bonds is 5. The van der Waals surface area contributed by atoms with Crippen molar-refractivity contribution < 1.29 is 18.8 Å². The molecule has 5 nitrogen and oxygen atoms in total. The largest absolute Gasteiger partial charge is 0.343 e. The lowest BCUT2D eigenvalue weighted by molar-refractivity contribution is -0.135. The summed E-state index contributed by atoms with van der Waals surface area (Å²) >= 11 is 5.89. The first-order valence-corrected chi connectivity index (χ1v) is 8.84. The first-order valence-electron chi connectivity index (χ1n) is 8.46. The zero-order chi connectivity index (χ0) is 19.6. The number of carbonyl (C=O) groups is 3. The van der Waals surface area contributed by atoms with Crippen LogP contribution in [0.5, 0.6) is 0 Å².